The molecule has 3 nitrogen and oxygen atoms in total. The summed E-state index contributed by atoms with van der Waals surface area (Å²) in [5, 5.41) is 0. The maximum Gasteiger partial charge on any atom is 0.0634 e. The standard InChI is InChI=1S/C11H24N2O/c1-11(2,14-3)6-8-13-7-4-5-10(12)9-13/h10H,4-9,12H2,1-3H3/t10-/m1/s1. The van der Waals surface area contributed by atoms with Gasteiger partial charge in [0.2, 0.25) is 0 Å². The first-order valence-electron chi connectivity index (χ1n) is 5.56. The molecule has 1 aliphatic rings. The van der Waals surface area contributed by atoms with Gasteiger partial charge in [-0.1, -0.05) is 0 Å². The first-order chi connectivity index (χ1) is 6.53. The van der Waals surface area contributed by atoms with Crippen LogP contribution in [0.2, 0.25) is 0 Å². The van der Waals surface area contributed by atoms with Gasteiger partial charge in [0, 0.05) is 26.2 Å². The Morgan fingerprint density at radius 2 is 2.21 bits per heavy atom. The monoisotopic (exact) mass is 200 g/mol. The van der Waals surface area contributed by atoms with E-state index in [1.807, 2.05) is 0 Å². The van der Waals surface area contributed by atoms with Gasteiger partial charge in [-0.2, -0.15) is 0 Å². The van der Waals surface area contributed by atoms with E-state index in [-0.39, 0.29) is 5.60 Å². The second kappa shape index (κ2) is 5.10. The van der Waals surface area contributed by atoms with Crippen molar-refractivity contribution in [3.8, 4) is 0 Å². The number of ether oxygens (including phenoxy) is 1. The Balaban J connectivity index is 2.23. The van der Waals surface area contributed by atoms with Crippen LogP contribution in [0.1, 0.15) is 33.1 Å². The number of hydrogen-bond acceptors (Lipinski definition) is 3. The van der Waals surface area contributed by atoms with Crippen molar-refractivity contribution in [2.75, 3.05) is 26.7 Å². The second-order valence-electron chi connectivity index (χ2n) is 4.92. The second-order valence-corrected chi connectivity index (χ2v) is 4.92. The number of hydrogen-bond donors (Lipinski definition) is 1. The molecule has 0 spiro atoms. The van der Waals surface area contributed by atoms with Crippen molar-refractivity contribution in [2.24, 2.45) is 5.73 Å². The van der Waals surface area contributed by atoms with Crippen LogP contribution in [0.25, 0.3) is 0 Å². The minimum absolute atomic E-state index is 0.00153. The minimum atomic E-state index is 0.00153. The lowest BCUT2D eigenvalue weighted by Crippen LogP contribution is -2.44. The molecule has 2 N–H and O–H groups in total. The molecule has 1 fully saturated rings. The van der Waals surface area contributed by atoms with Crippen LogP contribution < -0.4 is 5.73 Å². The summed E-state index contributed by atoms with van der Waals surface area (Å²) in [5.41, 5.74) is 5.93. The third kappa shape index (κ3) is 3.95. The van der Waals surface area contributed by atoms with E-state index >= 15 is 0 Å². The molecule has 1 rings (SSSR count). The molecule has 0 radical (unpaired) electrons. The molecule has 0 aromatic rings. The Morgan fingerprint density at radius 3 is 2.79 bits per heavy atom. The van der Waals surface area contributed by atoms with E-state index in [0.717, 1.165) is 19.5 Å². The normalized spacial score (nSPS) is 25.3. The molecule has 0 unspecified atom stereocenters. The highest BCUT2D eigenvalue weighted by Crippen LogP contribution is 2.15. The number of likely N-dealkylation sites (tertiary alicyclic amines) is 1. The van der Waals surface area contributed by atoms with Crippen LogP contribution in [0.3, 0.4) is 0 Å². The summed E-state index contributed by atoms with van der Waals surface area (Å²) >= 11 is 0. The van der Waals surface area contributed by atoms with E-state index in [1.54, 1.807) is 7.11 Å². The van der Waals surface area contributed by atoms with Crippen LogP contribution >= 0.6 is 0 Å². The number of rotatable bonds is 4. The molecule has 14 heavy (non-hydrogen) atoms. The molecule has 0 aromatic heterocycles. The molecule has 0 aliphatic carbocycles. The zero-order chi connectivity index (χ0) is 10.6. The van der Waals surface area contributed by atoms with E-state index in [2.05, 4.69) is 18.7 Å². The average molecular weight is 200 g/mol. The highest BCUT2D eigenvalue weighted by atomic mass is 16.5. The third-order valence-electron chi connectivity index (χ3n) is 3.12. The van der Waals surface area contributed by atoms with Crippen LogP contribution in [-0.4, -0.2) is 43.3 Å². The Hall–Kier alpha value is -0.120. The molecule has 84 valence electrons. The highest BCUT2D eigenvalue weighted by Gasteiger charge is 2.21. The molecular formula is C11H24N2O. The summed E-state index contributed by atoms with van der Waals surface area (Å²) in [6.45, 7) is 7.63. The van der Waals surface area contributed by atoms with Gasteiger partial charge < -0.3 is 15.4 Å². The van der Waals surface area contributed by atoms with Gasteiger partial charge in [0.15, 0.2) is 0 Å². The molecule has 0 aromatic carbocycles. The summed E-state index contributed by atoms with van der Waals surface area (Å²) in [4.78, 5) is 2.45. The van der Waals surface area contributed by atoms with Gasteiger partial charge in [-0.15, -0.1) is 0 Å². The van der Waals surface area contributed by atoms with Crippen molar-refractivity contribution in [3.05, 3.63) is 0 Å². The van der Waals surface area contributed by atoms with Gasteiger partial charge in [0.1, 0.15) is 0 Å². The zero-order valence-electron chi connectivity index (χ0n) is 9.75. The summed E-state index contributed by atoms with van der Waals surface area (Å²) in [6, 6.07) is 0.384. The maximum atomic E-state index is 5.92. The quantitative estimate of drug-likeness (QED) is 0.741. The molecule has 0 amide bonds. The molecule has 1 atom stereocenters. The predicted octanol–water partition coefficient (Wildman–Crippen LogP) is 1.22. The van der Waals surface area contributed by atoms with Gasteiger partial charge in [-0.25, -0.2) is 0 Å². The smallest absolute Gasteiger partial charge is 0.0634 e. The first kappa shape index (κ1) is 12.0. The largest absolute Gasteiger partial charge is 0.379 e. The van der Waals surface area contributed by atoms with Crippen molar-refractivity contribution < 1.29 is 4.74 Å². The van der Waals surface area contributed by atoms with Crippen LogP contribution in [0.5, 0.6) is 0 Å². The fourth-order valence-corrected chi connectivity index (χ4v) is 1.82. The number of nitrogens with zero attached hydrogens (tertiary/aromatic N) is 1. The van der Waals surface area contributed by atoms with Crippen molar-refractivity contribution in [1.29, 1.82) is 0 Å². The third-order valence-corrected chi connectivity index (χ3v) is 3.12. The minimum Gasteiger partial charge on any atom is -0.379 e. The van der Waals surface area contributed by atoms with Crippen LogP contribution in [-0.2, 0) is 4.74 Å². The lowest BCUT2D eigenvalue weighted by Gasteiger charge is -2.33. The van der Waals surface area contributed by atoms with Crippen molar-refractivity contribution in [3.63, 3.8) is 0 Å². The van der Waals surface area contributed by atoms with E-state index in [1.165, 1.54) is 19.4 Å². The Kier molecular flexibility index (Phi) is 4.35. The summed E-state index contributed by atoms with van der Waals surface area (Å²) in [5.74, 6) is 0. The molecular weight excluding hydrogens is 176 g/mol. The maximum absolute atomic E-state index is 5.92. The number of methoxy groups -OCH3 is 1. The van der Waals surface area contributed by atoms with Gasteiger partial charge in [-0.05, 0) is 39.7 Å². The van der Waals surface area contributed by atoms with Gasteiger partial charge in [0.25, 0.3) is 0 Å². The Bertz CT molecular complexity index is 171. The van der Waals surface area contributed by atoms with Crippen molar-refractivity contribution in [2.45, 2.75) is 44.8 Å². The van der Waals surface area contributed by atoms with Gasteiger partial charge >= 0.3 is 0 Å². The van der Waals surface area contributed by atoms with Crippen LogP contribution in [0.15, 0.2) is 0 Å². The summed E-state index contributed by atoms with van der Waals surface area (Å²) < 4.78 is 5.40. The first-order valence-corrected chi connectivity index (χ1v) is 5.56. The van der Waals surface area contributed by atoms with Gasteiger partial charge in [0.05, 0.1) is 5.60 Å². The molecule has 3 heteroatoms. The van der Waals surface area contributed by atoms with Gasteiger partial charge in [-0.3, -0.25) is 0 Å². The summed E-state index contributed by atoms with van der Waals surface area (Å²) in [6.07, 6.45) is 3.51. The number of piperidine rings is 1. The van der Waals surface area contributed by atoms with Crippen molar-refractivity contribution in [1.82, 2.24) is 4.90 Å². The lowest BCUT2D eigenvalue weighted by atomic mass is 10.0. The molecule has 0 bridgehead atoms. The number of nitrogens with two attached hydrogens (primary N) is 1. The highest BCUT2D eigenvalue weighted by molar-refractivity contribution is 4.77. The average Bonchev–Trinajstić information content (AvgIpc) is 2.15. The molecule has 0 saturated carbocycles. The summed E-state index contributed by atoms with van der Waals surface area (Å²) in [7, 11) is 1.78. The zero-order valence-corrected chi connectivity index (χ0v) is 9.75. The molecule has 1 saturated heterocycles. The topological polar surface area (TPSA) is 38.5 Å². The van der Waals surface area contributed by atoms with E-state index in [4.69, 9.17) is 10.5 Å². The predicted molar refractivity (Wildman–Crippen MR) is 59.4 cm³/mol. The van der Waals surface area contributed by atoms with Crippen LogP contribution in [0.4, 0.5) is 0 Å². The Morgan fingerprint density at radius 1 is 1.50 bits per heavy atom. The van der Waals surface area contributed by atoms with Crippen LogP contribution in [0, 0.1) is 0 Å². The van der Waals surface area contributed by atoms with E-state index in [0.29, 0.717) is 6.04 Å². The lowest BCUT2D eigenvalue weighted by molar-refractivity contribution is 0.00554. The fourth-order valence-electron chi connectivity index (χ4n) is 1.82. The Labute approximate surface area is 87.6 Å². The fraction of sp³-hybridized carbons (Fsp3) is 1.00. The molecule has 1 aliphatic heterocycles. The van der Waals surface area contributed by atoms with Crippen molar-refractivity contribution >= 4 is 0 Å². The molecule has 1 heterocycles. The van der Waals surface area contributed by atoms with E-state index in [9.17, 15) is 0 Å². The van der Waals surface area contributed by atoms with E-state index < -0.39 is 0 Å². The SMILES string of the molecule is COC(C)(C)CCN1CCC[C@@H](N)C1.